The molecule has 1 N–H and O–H groups in total. The number of nitrogens with one attached hydrogen (secondary N) is 1. The van der Waals surface area contributed by atoms with Crippen molar-refractivity contribution in [2.45, 2.75) is 54.5 Å². The van der Waals surface area contributed by atoms with Crippen molar-refractivity contribution >= 4 is 10.8 Å². The summed E-state index contributed by atoms with van der Waals surface area (Å²) in [6.45, 7) is 0. The Kier molecular flexibility index (Phi) is 5.43. The summed E-state index contributed by atoms with van der Waals surface area (Å²) in [6.07, 6.45) is 0.454. The molecule has 3 unspecified atom stereocenters. The third-order valence-electron chi connectivity index (χ3n) is 3.99. The molecule has 1 aliphatic carbocycles. The largest absolute Gasteiger partial charge is 0.416 e. The molecule has 1 saturated carbocycles. The van der Waals surface area contributed by atoms with Crippen molar-refractivity contribution in [3.8, 4) is 0 Å². The lowest BCUT2D eigenvalue weighted by Crippen LogP contribution is -2.39. The highest BCUT2D eigenvalue weighted by Gasteiger charge is 2.33. The van der Waals surface area contributed by atoms with E-state index >= 15 is 0 Å². The maximum Gasteiger partial charge on any atom is 0.416 e. The second kappa shape index (κ2) is 6.92. The van der Waals surface area contributed by atoms with Crippen LogP contribution in [0.2, 0.25) is 0 Å². The summed E-state index contributed by atoms with van der Waals surface area (Å²) >= 11 is 0. The molecular weight excluding hydrogens is 299 g/mol. The first-order valence-electron chi connectivity index (χ1n) is 7.18. The van der Waals surface area contributed by atoms with E-state index in [4.69, 9.17) is 0 Å². The van der Waals surface area contributed by atoms with Gasteiger partial charge in [0.1, 0.15) is 0 Å². The van der Waals surface area contributed by atoms with Crippen LogP contribution in [0.15, 0.2) is 29.2 Å². The zero-order chi connectivity index (χ0) is 15.5. The van der Waals surface area contributed by atoms with Crippen LogP contribution in [0.3, 0.4) is 0 Å². The van der Waals surface area contributed by atoms with Crippen molar-refractivity contribution in [3.05, 3.63) is 29.8 Å². The van der Waals surface area contributed by atoms with Crippen molar-refractivity contribution in [2.24, 2.45) is 0 Å². The minimum absolute atomic E-state index is 0.0999. The van der Waals surface area contributed by atoms with Gasteiger partial charge >= 0.3 is 6.18 Å². The number of benzene rings is 1. The highest BCUT2D eigenvalue weighted by molar-refractivity contribution is 7.85. The molecule has 6 heteroatoms. The van der Waals surface area contributed by atoms with Crippen LogP contribution < -0.4 is 5.32 Å². The molecule has 0 heterocycles. The Morgan fingerprint density at radius 2 is 1.90 bits per heavy atom. The third kappa shape index (κ3) is 4.07. The van der Waals surface area contributed by atoms with Crippen molar-refractivity contribution in [2.75, 3.05) is 7.05 Å². The molecule has 0 aromatic heterocycles. The smallest absolute Gasteiger partial charge is 0.316 e. The predicted molar refractivity (Wildman–Crippen MR) is 77.6 cm³/mol. The first-order valence-corrected chi connectivity index (χ1v) is 8.40. The number of rotatable bonds is 3. The van der Waals surface area contributed by atoms with E-state index in [1.54, 1.807) is 0 Å². The molecule has 118 valence electrons. The average Bonchev–Trinajstić information content (AvgIpc) is 2.70. The lowest BCUT2D eigenvalue weighted by atomic mass is 10.1. The van der Waals surface area contributed by atoms with Crippen molar-refractivity contribution in [1.29, 1.82) is 0 Å². The predicted octanol–water partition coefficient (Wildman–Crippen LogP) is 3.73. The topological polar surface area (TPSA) is 29.1 Å². The van der Waals surface area contributed by atoms with E-state index in [0.717, 1.165) is 44.2 Å². The van der Waals surface area contributed by atoms with E-state index in [1.807, 2.05) is 7.05 Å². The molecule has 0 saturated heterocycles. The molecule has 2 nitrogen and oxygen atoms in total. The van der Waals surface area contributed by atoms with Gasteiger partial charge in [0, 0.05) is 10.9 Å². The molecule has 0 spiro atoms. The van der Waals surface area contributed by atoms with Crippen LogP contribution in [-0.2, 0) is 17.0 Å². The van der Waals surface area contributed by atoms with Gasteiger partial charge in [-0.15, -0.1) is 0 Å². The number of hydrogen-bond acceptors (Lipinski definition) is 2. The first-order chi connectivity index (χ1) is 9.93. The lowest BCUT2D eigenvalue weighted by Gasteiger charge is -2.24. The molecule has 1 aliphatic rings. The van der Waals surface area contributed by atoms with Gasteiger partial charge < -0.3 is 5.32 Å². The second-order valence-corrected chi connectivity index (χ2v) is 7.07. The molecule has 1 fully saturated rings. The van der Waals surface area contributed by atoms with Crippen molar-refractivity contribution in [3.63, 3.8) is 0 Å². The summed E-state index contributed by atoms with van der Waals surface area (Å²) in [7, 11) is 0.407. The Labute approximate surface area is 125 Å². The normalized spacial score (nSPS) is 25.3. The Balaban J connectivity index is 2.25. The lowest BCUT2D eigenvalue weighted by molar-refractivity contribution is -0.137. The van der Waals surface area contributed by atoms with Crippen LogP contribution in [0, 0.1) is 0 Å². The molecule has 0 bridgehead atoms. The summed E-state index contributed by atoms with van der Waals surface area (Å²) in [5.41, 5.74) is -0.733. The number of halogens is 3. The number of hydrogen-bond donors (Lipinski definition) is 1. The summed E-state index contributed by atoms with van der Waals surface area (Å²) in [6, 6.07) is 5.00. The van der Waals surface area contributed by atoms with Crippen molar-refractivity contribution in [1.82, 2.24) is 5.32 Å². The van der Waals surface area contributed by atoms with Gasteiger partial charge in [0.2, 0.25) is 0 Å². The maximum atomic E-state index is 12.8. The third-order valence-corrected chi connectivity index (χ3v) is 5.82. The zero-order valence-electron chi connectivity index (χ0n) is 12.0. The summed E-state index contributed by atoms with van der Waals surface area (Å²) in [5.74, 6) is 0. The van der Waals surface area contributed by atoms with Gasteiger partial charge in [-0.05, 0) is 38.1 Å². The molecule has 0 aliphatic heterocycles. The molecule has 0 amide bonds. The Hall–Kier alpha value is -0.880. The van der Waals surface area contributed by atoms with E-state index in [0.29, 0.717) is 0 Å². The van der Waals surface area contributed by atoms with E-state index < -0.39 is 22.5 Å². The van der Waals surface area contributed by atoms with Gasteiger partial charge in [-0.2, -0.15) is 13.2 Å². The Morgan fingerprint density at radius 3 is 2.57 bits per heavy atom. The van der Waals surface area contributed by atoms with E-state index in [2.05, 4.69) is 5.32 Å². The molecular formula is C15H20F3NOS. The monoisotopic (exact) mass is 319 g/mol. The fourth-order valence-electron chi connectivity index (χ4n) is 2.83. The standard InChI is InChI=1S/C15H20F3NOS/c1-19-13-8-3-2-4-9-14(13)21(20)12-7-5-6-11(10-12)15(16,17)18/h5-7,10,13-14,19H,2-4,8-9H2,1H3. The Morgan fingerprint density at radius 1 is 1.19 bits per heavy atom. The average molecular weight is 319 g/mol. The van der Waals surface area contributed by atoms with Gasteiger partial charge in [-0.25, -0.2) is 0 Å². The highest BCUT2D eigenvalue weighted by Crippen LogP contribution is 2.32. The van der Waals surface area contributed by atoms with Gasteiger partial charge in [0.15, 0.2) is 0 Å². The highest BCUT2D eigenvalue weighted by atomic mass is 32.2. The van der Waals surface area contributed by atoms with Crippen LogP contribution in [0.5, 0.6) is 0 Å². The van der Waals surface area contributed by atoms with Crippen molar-refractivity contribution < 1.29 is 17.4 Å². The summed E-state index contributed by atoms with van der Waals surface area (Å²) in [5, 5.41) is 3.05. The fraction of sp³-hybridized carbons (Fsp3) is 0.600. The van der Waals surface area contributed by atoms with Crippen LogP contribution >= 0.6 is 0 Å². The van der Waals surface area contributed by atoms with Crippen LogP contribution in [-0.4, -0.2) is 22.5 Å². The summed E-state index contributed by atoms with van der Waals surface area (Å²) < 4.78 is 51.0. The molecule has 0 radical (unpaired) electrons. The van der Waals surface area contributed by atoms with Gasteiger partial charge in [0.25, 0.3) is 0 Å². The molecule has 3 atom stereocenters. The van der Waals surface area contributed by atoms with Gasteiger partial charge in [-0.3, -0.25) is 4.21 Å². The first kappa shape index (κ1) is 16.5. The van der Waals surface area contributed by atoms with E-state index in [1.165, 1.54) is 12.1 Å². The Bertz CT molecular complexity index is 504. The minimum Gasteiger partial charge on any atom is -0.316 e. The maximum absolute atomic E-state index is 12.8. The molecule has 1 aromatic carbocycles. The molecule has 2 rings (SSSR count). The van der Waals surface area contributed by atoms with Crippen LogP contribution in [0.4, 0.5) is 13.2 Å². The van der Waals surface area contributed by atoms with E-state index in [9.17, 15) is 17.4 Å². The van der Waals surface area contributed by atoms with Gasteiger partial charge in [0.05, 0.1) is 21.6 Å². The fourth-order valence-corrected chi connectivity index (χ4v) is 4.59. The molecule has 21 heavy (non-hydrogen) atoms. The summed E-state index contributed by atoms with van der Waals surface area (Å²) in [4.78, 5) is 0.275. The van der Waals surface area contributed by atoms with Crippen LogP contribution in [0.25, 0.3) is 0 Å². The second-order valence-electron chi connectivity index (χ2n) is 5.39. The van der Waals surface area contributed by atoms with E-state index in [-0.39, 0.29) is 16.2 Å². The minimum atomic E-state index is -4.40. The SMILES string of the molecule is CNC1CCCCCC1S(=O)c1cccc(C(F)(F)F)c1. The number of alkyl halides is 3. The zero-order valence-corrected chi connectivity index (χ0v) is 12.8. The quantitative estimate of drug-likeness (QED) is 0.860. The van der Waals surface area contributed by atoms with Crippen LogP contribution in [0.1, 0.15) is 37.7 Å². The van der Waals surface area contributed by atoms with Gasteiger partial charge in [-0.1, -0.05) is 25.3 Å². The molecule has 1 aromatic rings.